The van der Waals surface area contributed by atoms with Gasteiger partial charge in [-0.05, 0) is 18.4 Å². The molecule has 2 aromatic heterocycles. The highest BCUT2D eigenvalue weighted by molar-refractivity contribution is 7.98. The molecule has 0 radical (unpaired) electrons. The van der Waals surface area contributed by atoms with Gasteiger partial charge >= 0.3 is 0 Å². The first-order valence-corrected chi connectivity index (χ1v) is 9.91. The molecule has 0 fully saturated rings. The average molecular weight is 421 g/mol. The number of rotatable bonds is 3. The fourth-order valence-corrected chi connectivity index (χ4v) is 3.81. The Balaban J connectivity index is 1.89. The zero-order valence-corrected chi connectivity index (χ0v) is 16.8. The number of aryl methyl sites for hydroxylation is 1. The number of fused-ring (bicyclic) bond motifs is 1. The van der Waals surface area contributed by atoms with Crippen molar-refractivity contribution in [2.24, 2.45) is 7.05 Å². The Morgan fingerprint density at radius 3 is 2.52 bits per heavy atom. The summed E-state index contributed by atoms with van der Waals surface area (Å²) < 4.78 is 1.69. The first kappa shape index (κ1) is 18.1. The molecule has 0 bridgehead atoms. The van der Waals surface area contributed by atoms with Crippen molar-refractivity contribution in [3.63, 3.8) is 0 Å². The van der Waals surface area contributed by atoms with Crippen LogP contribution in [0.4, 0.5) is 17.3 Å². The third kappa shape index (κ3) is 3.13. The van der Waals surface area contributed by atoms with E-state index in [0.717, 1.165) is 0 Å². The summed E-state index contributed by atoms with van der Waals surface area (Å²) in [7, 11) is 1.83. The Kier molecular flexibility index (Phi) is 4.71. The van der Waals surface area contributed by atoms with Crippen molar-refractivity contribution in [2.75, 3.05) is 22.7 Å². The molecule has 0 spiro atoms. The number of amides is 1. The van der Waals surface area contributed by atoms with Gasteiger partial charge in [-0.15, -0.1) is 0 Å². The minimum Gasteiger partial charge on any atom is -0.290 e. The van der Waals surface area contributed by atoms with E-state index in [9.17, 15) is 4.79 Å². The second-order valence-corrected chi connectivity index (χ2v) is 7.40. The van der Waals surface area contributed by atoms with Crippen molar-refractivity contribution >= 4 is 58.2 Å². The van der Waals surface area contributed by atoms with Crippen LogP contribution in [0.25, 0.3) is 0 Å². The van der Waals surface area contributed by atoms with E-state index in [4.69, 9.17) is 23.2 Å². The van der Waals surface area contributed by atoms with Gasteiger partial charge in [-0.2, -0.15) is 5.10 Å². The summed E-state index contributed by atoms with van der Waals surface area (Å²) in [6, 6.07) is 6.99. The van der Waals surface area contributed by atoms with Crippen LogP contribution in [0.5, 0.6) is 0 Å². The Bertz CT molecular complexity index is 1020. The van der Waals surface area contributed by atoms with Crippen molar-refractivity contribution in [1.29, 1.82) is 0 Å². The van der Waals surface area contributed by atoms with E-state index in [-0.39, 0.29) is 12.6 Å². The minimum atomic E-state index is -0.264. The van der Waals surface area contributed by atoms with Gasteiger partial charge in [0.15, 0.2) is 16.8 Å². The summed E-state index contributed by atoms with van der Waals surface area (Å²) in [4.78, 5) is 25.3. The molecule has 1 amide bonds. The Labute approximate surface area is 169 Å². The normalized spacial score (nSPS) is 13.9. The van der Waals surface area contributed by atoms with Crippen LogP contribution in [-0.4, -0.2) is 38.6 Å². The van der Waals surface area contributed by atoms with E-state index in [1.807, 2.05) is 30.5 Å². The largest absolute Gasteiger partial charge is 0.290 e. The summed E-state index contributed by atoms with van der Waals surface area (Å²) in [5, 5.41) is 5.82. The van der Waals surface area contributed by atoms with Gasteiger partial charge in [0.1, 0.15) is 12.2 Å². The quantitative estimate of drug-likeness (QED) is 0.471. The molecule has 27 heavy (non-hydrogen) atoms. The van der Waals surface area contributed by atoms with E-state index >= 15 is 0 Å². The number of benzene rings is 1. The maximum Gasteiger partial charge on any atom is 0.265 e. The zero-order chi connectivity index (χ0) is 19.1. The summed E-state index contributed by atoms with van der Waals surface area (Å²) in [6.07, 6.45) is 5.24. The van der Waals surface area contributed by atoms with E-state index < -0.39 is 0 Å². The number of carbonyl (C=O) groups excluding carboxylic acids is 1. The highest BCUT2D eigenvalue weighted by atomic mass is 35.5. The number of thioether (sulfide) groups is 1. The van der Waals surface area contributed by atoms with Crippen molar-refractivity contribution in [2.45, 2.75) is 5.16 Å². The first-order chi connectivity index (χ1) is 13.0. The van der Waals surface area contributed by atoms with Crippen molar-refractivity contribution in [1.82, 2.24) is 19.7 Å². The lowest BCUT2D eigenvalue weighted by Gasteiger charge is -2.36. The third-order valence-electron chi connectivity index (χ3n) is 4.13. The standard InChI is InChI=1S/C17H14Cl2N6OS/c1-23-7-6-13(22-23)24-9-25(14-11(18)4-3-5-12(14)19)16(26)10-8-20-17(27-2)21-15(10)24/h3-8H,9H2,1-2H3. The molecule has 0 atom stereocenters. The van der Waals surface area contributed by atoms with Crippen molar-refractivity contribution in [3.8, 4) is 0 Å². The molecular weight excluding hydrogens is 407 g/mol. The lowest BCUT2D eigenvalue weighted by atomic mass is 10.1. The highest BCUT2D eigenvalue weighted by Gasteiger charge is 2.35. The van der Waals surface area contributed by atoms with Crippen LogP contribution in [0.1, 0.15) is 10.4 Å². The molecule has 1 aliphatic rings. The van der Waals surface area contributed by atoms with Crippen LogP contribution in [0, 0.1) is 0 Å². The van der Waals surface area contributed by atoms with Crippen LogP contribution >= 0.6 is 35.0 Å². The topological polar surface area (TPSA) is 67.2 Å². The maximum absolute atomic E-state index is 13.2. The molecule has 4 rings (SSSR count). The average Bonchev–Trinajstić information content (AvgIpc) is 3.09. The predicted molar refractivity (Wildman–Crippen MR) is 107 cm³/mol. The van der Waals surface area contributed by atoms with Crippen LogP contribution < -0.4 is 9.80 Å². The SMILES string of the molecule is CSc1ncc2c(n1)N(c1ccn(C)n1)CN(c1c(Cl)cccc1Cl)C2=O. The molecule has 0 saturated heterocycles. The van der Waals surface area contributed by atoms with Crippen molar-refractivity contribution in [3.05, 3.63) is 52.3 Å². The molecule has 1 aliphatic heterocycles. The van der Waals surface area contributed by atoms with Crippen molar-refractivity contribution < 1.29 is 4.79 Å². The lowest BCUT2D eigenvalue weighted by molar-refractivity contribution is 0.0982. The van der Waals surface area contributed by atoms with E-state index in [1.54, 1.807) is 22.9 Å². The number of nitrogens with zero attached hydrogens (tertiary/aromatic N) is 6. The van der Waals surface area contributed by atoms with E-state index in [2.05, 4.69) is 15.1 Å². The second-order valence-electron chi connectivity index (χ2n) is 5.81. The van der Waals surface area contributed by atoms with Crippen LogP contribution in [0.2, 0.25) is 10.0 Å². The molecule has 3 heterocycles. The van der Waals surface area contributed by atoms with E-state index in [0.29, 0.717) is 38.1 Å². The monoisotopic (exact) mass is 420 g/mol. The molecule has 7 nitrogen and oxygen atoms in total. The molecule has 0 unspecified atom stereocenters. The summed E-state index contributed by atoms with van der Waals surface area (Å²) in [6.45, 7) is 0.178. The van der Waals surface area contributed by atoms with Gasteiger partial charge in [0.05, 0.1) is 15.7 Å². The maximum atomic E-state index is 13.2. The number of hydrogen-bond donors (Lipinski definition) is 0. The fourth-order valence-electron chi connectivity index (χ4n) is 2.88. The summed E-state index contributed by atoms with van der Waals surface area (Å²) in [5.74, 6) is 0.905. The molecule has 0 aliphatic carbocycles. The first-order valence-electron chi connectivity index (χ1n) is 7.93. The van der Waals surface area contributed by atoms with Gasteiger partial charge in [-0.25, -0.2) is 9.97 Å². The molecule has 0 saturated carbocycles. The Hall–Kier alpha value is -2.29. The molecule has 138 valence electrons. The number of halogens is 2. The number of carbonyl (C=O) groups is 1. The molecular formula is C17H14Cl2N6OS. The number of aromatic nitrogens is 4. The number of para-hydroxylation sites is 1. The zero-order valence-electron chi connectivity index (χ0n) is 14.4. The molecule has 10 heteroatoms. The van der Waals surface area contributed by atoms with Gasteiger partial charge in [-0.1, -0.05) is 41.0 Å². The van der Waals surface area contributed by atoms with Crippen LogP contribution in [-0.2, 0) is 7.05 Å². The highest BCUT2D eigenvalue weighted by Crippen LogP contribution is 2.39. The molecule has 0 N–H and O–H groups in total. The minimum absolute atomic E-state index is 0.178. The van der Waals surface area contributed by atoms with Crippen LogP contribution in [0.3, 0.4) is 0 Å². The van der Waals surface area contributed by atoms with E-state index in [1.165, 1.54) is 22.9 Å². The Morgan fingerprint density at radius 1 is 1.15 bits per heavy atom. The molecule has 3 aromatic rings. The fraction of sp³-hybridized carbons (Fsp3) is 0.176. The van der Waals surface area contributed by atoms with Gasteiger partial charge < -0.3 is 0 Å². The third-order valence-corrected chi connectivity index (χ3v) is 5.30. The predicted octanol–water partition coefficient (Wildman–Crippen LogP) is 3.99. The number of hydrogen-bond acceptors (Lipinski definition) is 6. The van der Waals surface area contributed by atoms with Crippen LogP contribution in [0.15, 0.2) is 41.8 Å². The van der Waals surface area contributed by atoms with Gasteiger partial charge in [0.2, 0.25) is 0 Å². The lowest BCUT2D eigenvalue weighted by Crippen LogP contribution is -2.46. The molecule has 1 aromatic carbocycles. The second kappa shape index (κ2) is 7.03. The summed E-state index contributed by atoms with van der Waals surface area (Å²) >= 11 is 14.1. The van der Waals surface area contributed by atoms with Gasteiger partial charge in [-0.3, -0.25) is 19.3 Å². The smallest absolute Gasteiger partial charge is 0.265 e. The summed E-state index contributed by atoms with van der Waals surface area (Å²) in [5.41, 5.74) is 0.812. The Morgan fingerprint density at radius 2 is 1.89 bits per heavy atom. The van der Waals surface area contributed by atoms with Gasteiger partial charge in [0, 0.05) is 25.5 Å². The van der Waals surface area contributed by atoms with Gasteiger partial charge in [0.25, 0.3) is 5.91 Å². The number of anilines is 3.